The molecule has 0 saturated carbocycles. The Morgan fingerprint density at radius 3 is 2.57 bits per heavy atom. The van der Waals surface area contributed by atoms with Crippen LogP contribution in [0.4, 0.5) is 5.95 Å². The van der Waals surface area contributed by atoms with Crippen molar-refractivity contribution in [2.75, 3.05) is 44.2 Å². The van der Waals surface area contributed by atoms with Gasteiger partial charge in [-0.3, -0.25) is 4.99 Å². The van der Waals surface area contributed by atoms with Gasteiger partial charge >= 0.3 is 0 Å². The monoisotopic (exact) mass is 515 g/mol. The fourth-order valence-electron chi connectivity index (χ4n) is 3.09. The zero-order chi connectivity index (χ0) is 18.9. The second-order valence-electron chi connectivity index (χ2n) is 6.60. The maximum absolute atomic E-state index is 4.84. The largest absolute Gasteiger partial charge is 0.357 e. The molecule has 1 aliphatic heterocycles. The van der Waals surface area contributed by atoms with Crippen molar-refractivity contribution in [1.82, 2.24) is 25.2 Å². The molecule has 2 aromatic heterocycles. The summed E-state index contributed by atoms with van der Waals surface area (Å²) in [6.07, 6.45) is 6.88. The maximum atomic E-state index is 4.84. The third-order valence-electron chi connectivity index (χ3n) is 4.48. The smallest absolute Gasteiger partial charge is 0.225 e. The number of hydrogen-bond acceptors (Lipinski definition) is 6. The quantitative estimate of drug-likeness (QED) is 0.265. The van der Waals surface area contributed by atoms with Gasteiger partial charge in [-0.15, -0.1) is 35.3 Å². The third kappa shape index (κ3) is 6.84. The minimum atomic E-state index is 0. The van der Waals surface area contributed by atoms with Crippen LogP contribution < -0.4 is 10.2 Å². The van der Waals surface area contributed by atoms with Crippen molar-refractivity contribution in [3.8, 4) is 0 Å². The van der Waals surface area contributed by atoms with Crippen LogP contribution in [0.15, 0.2) is 28.8 Å². The van der Waals surface area contributed by atoms with Crippen LogP contribution in [0.25, 0.3) is 0 Å². The van der Waals surface area contributed by atoms with Crippen LogP contribution in [-0.2, 0) is 6.42 Å². The number of hydrogen-bond donors (Lipinski definition) is 1. The lowest BCUT2D eigenvalue weighted by molar-refractivity contribution is 0.370. The van der Waals surface area contributed by atoms with E-state index in [1.165, 1.54) is 5.01 Å². The molecule has 0 spiro atoms. The van der Waals surface area contributed by atoms with Crippen LogP contribution >= 0.6 is 35.3 Å². The summed E-state index contributed by atoms with van der Waals surface area (Å²) in [5.41, 5.74) is 1.13. The summed E-state index contributed by atoms with van der Waals surface area (Å²) in [7, 11) is 0. The van der Waals surface area contributed by atoms with Gasteiger partial charge in [0.25, 0.3) is 0 Å². The van der Waals surface area contributed by atoms with Crippen molar-refractivity contribution in [2.45, 2.75) is 33.1 Å². The number of rotatable bonds is 7. The number of aromatic nitrogens is 3. The molecule has 7 nitrogen and oxygen atoms in total. The average Bonchev–Trinajstić information content (AvgIpc) is 3.13. The number of nitrogens with one attached hydrogen (secondary N) is 1. The first-order chi connectivity index (χ1) is 13.3. The van der Waals surface area contributed by atoms with Gasteiger partial charge in [0.15, 0.2) is 5.96 Å². The average molecular weight is 515 g/mol. The van der Waals surface area contributed by atoms with Crippen LogP contribution in [0.3, 0.4) is 0 Å². The van der Waals surface area contributed by atoms with E-state index in [1.807, 2.05) is 6.07 Å². The summed E-state index contributed by atoms with van der Waals surface area (Å²) in [6, 6.07) is 1.85. The lowest BCUT2D eigenvalue weighted by Gasteiger charge is -2.36. The molecule has 1 saturated heterocycles. The highest BCUT2D eigenvalue weighted by Gasteiger charge is 2.20. The summed E-state index contributed by atoms with van der Waals surface area (Å²) in [5, 5.41) is 6.80. The van der Waals surface area contributed by atoms with Gasteiger partial charge in [-0.2, -0.15) is 0 Å². The first-order valence-corrected chi connectivity index (χ1v) is 10.6. The number of nitrogens with zero attached hydrogens (tertiary/aromatic N) is 6. The minimum Gasteiger partial charge on any atom is -0.357 e. The topological polar surface area (TPSA) is 69.5 Å². The highest BCUT2D eigenvalue weighted by molar-refractivity contribution is 14.0. The molecule has 3 rings (SSSR count). The molecule has 1 N–H and O–H groups in total. The number of thiazole rings is 1. The number of halogens is 1. The van der Waals surface area contributed by atoms with Gasteiger partial charge in [0.2, 0.25) is 5.95 Å². The molecule has 3 heterocycles. The number of aliphatic imine (C=N–C) groups is 1. The molecule has 0 bridgehead atoms. The summed E-state index contributed by atoms with van der Waals surface area (Å²) in [4.78, 5) is 22.6. The molecule has 154 valence electrons. The Balaban J connectivity index is 0.00000280. The Morgan fingerprint density at radius 2 is 1.93 bits per heavy atom. The molecule has 0 amide bonds. The van der Waals surface area contributed by atoms with E-state index in [1.54, 1.807) is 23.7 Å². The van der Waals surface area contributed by atoms with Gasteiger partial charge in [-0.25, -0.2) is 15.0 Å². The summed E-state index contributed by atoms with van der Waals surface area (Å²) in [5.74, 6) is 1.84. The second kappa shape index (κ2) is 12.2. The van der Waals surface area contributed by atoms with Crippen molar-refractivity contribution >= 4 is 47.2 Å². The number of guanidine groups is 1. The fraction of sp³-hybridized carbons (Fsp3) is 0.579. The molecule has 2 aromatic rings. The molecule has 0 atom stereocenters. The van der Waals surface area contributed by atoms with E-state index in [-0.39, 0.29) is 24.0 Å². The normalized spacial score (nSPS) is 14.7. The molecular weight excluding hydrogens is 485 g/mol. The first-order valence-electron chi connectivity index (χ1n) is 9.72. The lowest BCUT2D eigenvalue weighted by Crippen LogP contribution is -2.53. The number of anilines is 1. The Kier molecular flexibility index (Phi) is 9.89. The van der Waals surface area contributed by atoms with Crippen molar-refractivity contribution in [3.05, 3.63) is 34.5 Å². The summed E-state index contributed by atoms with van der Waals surface area (Å²) in [6.45, 7) is 9.61. The SMILES string of the molecule is CCNC(=NCCCCc1nc(C)cs1)N1CCN(c2ncccn2)CC1.I. The molecule has 1 aliphatic rings. The van der Waals surface area contributed by atoms with Gasteiger partial charge in [-0.1, -0.05) is 0 Å². The van der Waals surface area contributed by atoms with Crippen molar-refractivity contribution in [3.63, 3.8) is 0 Å². The Bertz CT molecular complexity index is 714. The third-order valence-corrected chi connectivity index (χ3v) is 5.50. The Hall–Kier alpha value is -1.49. The van der Waals surface area contributed by atoms with Crippen LogP contribution in [0, 0.1) is 6.92 Å². The maximum Gasteiger partial charge on any atom is 0.225 e. The van der Waals surface area contributed by atoms with Gasteiger partial charge in [0.05, 0.1) is 5.01 Å². The van der Waals surface area contributed by atoms with E-state index in [9.17, 15) is 0 Å². The zero-order valence-electron chi connectivity index (χ0n) is 16.7. The number of unbranched alkanes of at least 4 members (excludes halogenated alkanes) is 1. The molecular formula is C19H30IN7S. The van der Waals surface area contributed by atoms with E-state index in [4.69, 9.17) is 4.99 Å². The molecule has 0 radical (unpaired) electrons. The molecule has 1 fully saturated rings. The fourth-order valence-corrected chi connectivity index (χ4v) is 3.91. The molecule has 0 unspecified atom stereocenters. The van der Waals surface area contributed by atoms with E-state index in [0.717, 1.165) is 76.1 Å². The van der Waals surface area contributed by atoms with Crippen molar-refractivity contribution in [1.29, 1.82) is 0 Å². The van der Waals surface area contributed by atoms with Gasteiger partial charge in [0, 0.05) is 62.7 Å². The van der Waals surface area contributed by atoms with Crippen LogP contribution in [0.1, 0.15) is 30.5 Å². The Labute approximate surface area is 188 Å². The zero-order valence-corrected chi connectivity index (χ0v) is 19.8. The highest BCUT2D eigenvalue weighted by atomic mass is 127. The second-order valence-corrected chi connectivity index (χ2v) is 7.54. The number of aryl methyl sites for hydroxylation is 2. The molecule has 28 heavy (non-hydrogen) atoms. The van der Waals surface area contributed by atoms with Crippen molar-refractivity contribution < 1.29 is 0 Å². The molecule has 0 aromatic carbocycles. The van der Waals surface area contributed by atoms with E-state index in [0.29, 0.717) is 0 Å². The summed E-state index contributed by atoms with van der Waals surface area (Å²) < 4.78 is 0. The molecule has 9 heteroatoms. The predicted molar refractivity (Wildman–Crippen MR) is 127 cm³/mol. The standard InChI is InChI=1S/C19H29N7S.HI/c1-3-20-18(21-8-5-4-7-17-24-16(2)15-27-17)25-11-13-26(14-12-25)19-22-9-6-10-23-19;/h6,9-10,15H,3-5,7-8,11-14H2,1-2H3,(H,20,21);1H. The van der Waals surface area contributed by atoms with E-state index >= 15 is 0 Å². The van der Waals surface area contributed by atoms with Crippen LogP contribution in [0.5, 0.6) is 0 Å². The Morgan fingerprint density at radius 1 is 1.18 bits per heavy atom. The predicted octanol–water partition coefficient (Wildman–Crippen LogP) is 2.97. The van der Waals surface area contributed by atoms with Gasteiger partial charge in [-0.05, 0) is 39.2 Å². The van der Waals surface area contributed by atoms with Gasteiger partial charge < -0.3 is 15.1 Å². The number of piperazine rings is 1. The van der Waals surface area contributed by atoms with Gasteiger partial charge in [0.1, 0.15) is 0 Å². The summed E-state index contributed by atoms with van der Waals surface area (Å²) >= 11 is 1.76. The van der Waals surface area contributed by atoms with E-state index < -0.39 is 0 Å². The van der Waals surface area contributed by atoms with Crippen molar-refractivity contribution in [2.24, 2.45) is 4.99 Å². The molecule has 0 aliphatic carbocycles. The van der Waals surface area contributed by atoms with Crippen LogP contribution in [0.2, 0.25) is 0 Å². The van der Waals surface area contributed by atoms with E-state index in [2.05, 4.69) is 49.3 Å². The highest BCUT2D eigenvalue weighted by Crippen LogP contribution is 2.12. The lowest BCUT2D eigenvalue weighted by atomic mass is 10.2. The van der Waals surface area contributed by atoms with Crippen LogP contribution in [-0.4, -0.2) is 65.1 Å². The first kappa shape index (κ1) is 22.8. The minimum absolute atomic E-state index is 0.